The molecule has 0 fully saturated rings. The molecule has 1 aromatic heterocycles. The molecule has 1 atom stereocenters. The van der Waals surface area contributed by atoms with Gasteiger partial charge in [0.05, 0.1) is 12.6 Å². The van der Waals surface area contributed by atoms with Gasteiger partial charge in [-0.3, -0.25) is 4.79 Å². The third-order valence-corrected chi connectivity index (χ3v) is 2.49. The van der Waals surface area contributed by atoms with Crippen LogP contribution in [-0.2, 0) is 11.3 Å². The Balaban J connectivity index is 2.15. The number of carbonyl (C=O) groups excluding carboxylic acids is 1. The van der Waals surface area contributed by atoms with E-state index < -0.39 is 6.10 Å². The first-order valence-electron chi connectivity index (χ1n) is 4.51. The highest BCUT2D eigenvalue weighted by Gasteiger charge is 2.04. The Labute approximate surface area is 87.0 Å². The highest BCUT2D eigenvalue weighted by Crippen LogP contribution is 2.03. The van der Waals surface area contributed by atoms with E-state index in [1.165, 1.54) is 11.3 Å². The van der Waals surface area contributed by atoms with Crippen LogP contribution in [0.15, 0.2) is 11.6 Å². The largest absolute Gasteiger partial charge is 0.393 e. The fourth-order valence-electron chi connectivity index (χ4n) is 0.943. The summed E-state index contributed by atoms with van der Waals surface area (Å²) >= 11 is 1.51. The first-order chi connectivity index (χ1) is 6.68. The molecule has 1 aromatic rings. The number of nitrogens with zero attached hydrogens (tertiary/aromatic N) is 1. The number of nitrogens with one attached hydrogen (secondary N) is 1. The van der Waals surface area contributed by atoms with Crippen molar-refractivity contribution in [1.82, 2.24) is 10.3 Å². The van der Waals surface area contributed by atoms with Crippen LogP contribution < -0.4 is 5.32 Å². The lowest BCUT2D eigenvalue weighted by molar-refractivity contribution is -0.121. The predicted octanol–water partition coefficient (Wildman–Crippen LogP) is 0.920. The van der Waals surface area contributed by atoms with Gasteiger partial charge >= 0.3 is 0 Å². The second-order valence-corrected chi connectivity index (χ2v) is 4.07. The second kappa shape index (κ2) is 5.72. The van der Waals surface area contributed by atoms with Crippen LogP contribution in [0.4, 0.5) is 0 Å². The summed E-state index contributed by atoms with van der Waals surface area (Å²) in [7, 11) is 0. The molecular formula is C9H14N2O2S. The Morgan fingerprint density at radius 3 is 3.14 bits per heavy atom. The van der Waals surface area contributed by atoms with Crippen molar-refractivity contribution in [3.63, 3.8) is 0 Å². The van der Waals surface area contributed by atoms with Crippen molar-refractivity contribution in [3.8, 4) is 0 Å². The Hall–Kier alpha value is -0.940. The zero-order chi connectivity index (χ0) is 10.4. The molecule has 78 valence electrons. The van der Waals surface area contributed by atoms with Gasteiger partial charge in [-0.2, -0.15) is 0 Å². The van der Waals surface area contributed by atoms with Crippen LogP contribution in [0.5, 0.6) is 0 Å². The van der Waals surface area contributed by atoms with E-state index in [0.717, 1.165) is 5.01 Å². The van der Waals surface area contributed by atoms with E-state index in [2.05, 4.69) is 10.3 Å². The van der Waals surface area contributed by atoms with Crippen LogP contribution in [0.1, 0.15) is 24.8 Å². The molecule has 1 rings (SSSR count). The number of hydrogen-bond donors (Lipinski definition) is 2. The van der Waals surface area contributed by atoms with Crippen molar-refractivity contribution in [2.45, 2.75) is 32.4 Å². The van der Waals surface area contributed by atoms with Gasteiger partial charge in [-0.05, 0) is 13.3 Å². The van der Waals surface area contributed by atoms with Gasteiger partial charge in [0.1, 0.15) is 5.01 Å². The van der Waals surface area contributed by atoms with Crippen molar-refractivity contribution in [2.75, 3.05) is 0 Å². The number of hydrogen-bond acceptors (Lipinski definition) is 4. The zero-order valence-electron chi connectivity index (χ0n) is 8.06. The topological polar surface area (TPSA) is 62.2 Å². The van der Waals surface area contributed by atoms with E-state index in [0.29, 0.717) is 19.4 Å². The number of carbonyl (C=O) groups is 1. The normalized spacial score (nSPS) is 12.4. The van der Waals surface area contributed by atoms with Crippen molar-refractivity contribution in [1.29, 1.82) is 0 Å². The van der Waals surface area contributed by atoms with Gasteiger partial charge in [0.15, 0.2) is 0 Å². The number of amides is 1. The summed E-state index contributed by atoms with van der Waals surface area (Å²) in [5, 5.41) is 14.5. The molecule has 0 aromatic carbocycles. The first-order valence-corrected chi connectivity index (χ1v) is 5.39. The minimum absolute atomic E-state index is 0.0406. The summed E-state index contributed by atoms with van der Waals surface area (Å²) in [6.45, 7) is 2.16. The maximum Gasteiger partial charge on any atom is 0.220 e. The average Bonchev–Trinajstić information content (AvgIpc) is 2.63. The SMILES string of the molecule is CC(O)CCC(=O)NCc1nccs1. The van der Waals surface area contributed by atoms with Crippen molar-refractivity contribution < 1.29 is 9.90 Å². The molecule has 1 unspecified atom stereocenters. The van der Waals surface area contributed by atoms with E-state index in [4.69, 9.17) is 5.11 Å². The molecule has 0 aliphatic rings. The predicted molar refractivity (Wildman–Crippen MR) is 54.9 cm³/mol. The average molecular weight is 214 g/mol. The second-order valence-electron chi connectivity index (χ2n) is 3.09. The molecule has 0 saturated heterocycles. The van der Waals surface area contributed by atoms with E-state index >= 15 is 0 Å². The van der Waals surface area contributed by atoms with Gasteiger partial charge < -0.3 is 10.4 Å². The van der Waals surface area contributed by atoms with Gasteiger partial charge in [-0.15, -0.1) is 11.3 Å². The number of thiazole rings is 1. The number of aliphatic hydroxyl groups excluding tert-OH is 1. The number of rotatable bonds is 5. The highest BCUT2D eigenvalue weighted by atomic mass is 32.1. The third-order valence-electron chi connectivity index (χ3n) is 1.71. The van der Waals surface area contributed by atoms with Gasteiger partial charge in [0.2, 0.25) is 5.91 Å². The van der Waals surface area contributed by atoms with Crippen LogP contribution in [0, 0.1) is 0 Å². The molecule has 1 heterocycles. The van der Waals surface area contributed by atoms with Gasteiger partial charge in [-0.25, -0.2) is 4.98 Å². The Kier molecular flexibility index (Phi) is 4.55. The van der Waals surface area contributed by atoms with Gasteiger partial charge in [-0.1, -0.05) is 0 Å². The Morgan fingerprint density at radius 2 is 2.57 bits per heavy atom. The molecule has 0 spiro atoms. The molecule has 0 bridgehead atoms. The molecule has 0 aliphatic heterocycles. The maximum absolute atomic E-state index is 11.2. The molecule has 14 heavy (non-hydrogen) atoms. The van der Waals surface area contributed by atoms with Gasteiger partial charge in [0.25, 0.3) is 0 Å². The van der Waals surface area contributed by atoms with Crippen LogP contribution >= 0.6 is 11.3 Å². The number of aliphatic hydroxyl groups is 1. The highest BCUT2D eigenvalue weighted by molar-refractivity contribution is 7.09. The van der Waals surface area contributed by atoms with Crippen molar-refractivity contribution in [3.05, 3.63) is 16.6 Å². The Morgan fingerprint density at radius 1 is 1.79 bits per heavy atom. The number of aromatic nitrogens is 1. The maximum atomic E-state index is 11.2. The minimum atomic E-state index is -0.416. The summed E-state index contributed by atoms with van der Waals surface area (Å²) in [6, 6.07) is 0. The summed E-state index contributed by atoms with van der Waals surface area (Å²) in [6.07, 6.45) is 2.16. The molecule has 0 aliphatic carbocycles. The smallest absolute Gasteiger partial charge is 0.220 e. The Bertz CT molecular complexity index is 272. The van der Waals surface area contributed by atoms with Crippen molar-refractivity contribution >= 4 is 17.2 Å². The van der Waals surface area contributed by atoms with E-state index in [1.807, 2.05) is 5.38 Å². The van der Waals surface area contributed by atoms with Crippen LogP contribution in [0.25, 0.3) is 0 Å². The van der Waals surface area contributed by atoms with E-state index in [1.54, 1.807) is 13.1 Å². The molecule has 2 N–H and O–H groups in total. The standard InChI is InChI=1S/C9H14N2O2S/c1-7(12)2-3-8(13)11-6-9-10-4-5-14-9/h4-5,7,12H,2-3,6H2,1H3,(H,11,13). The third kappa shape index (κ3) is 4.34. The first kappa shape index (κ1) is 11.1. The summed E-state index contributed by atoms with van der Waals surface area (Å²) in [4.78, 5) is 15.2. The minimum Gasteiger partial charge on any atom is -0.393 e. The van der Waals surface area contributed by atoms with Gasteiger partial charge in [0, 0.05) is 18.0 Å². The van der Waals surface area contributed by atoms with Crippen LogP contribution in [0.2, 0.25) is 0 Å². The fraction of sp³-hybridized carbons (Fsp3) is 0.556. The summed E-state index contributed by atoms with van der Waals surface area (Å²) in [5.41, 5.74) is 0. The molecular weight excluding hydrogens is 200 g/mol. The lowest BCUT2D eigenvalue weighted by atomic mass is 10.2. The molecule has 0 radical (unpaired) electrons. The molecule has 0 saturated carbocycles. The van der Waals surface area contributed by atoms with E-state index in [-0.39, 0.29) is 5.91 Å². The summed E-state index contributed by atoms with van der Waals surface area (Å²) < 4.78 is 0. The zero-order valence-corrected chi connectivity index (χ0v) is 8.88. The molecule has 4 nitrogen and oxygen atoms in total. The quantitative estimate of drug-likeness (QED) is 0.766. The van der Waals surface area contributed by atoms with E-state index in [9.17, 15) is 4.79 Å². The van der Waals surface area contributed by atoms with Crippen molar-refractivity contribution in [2.24, 2.45) is 0 Å². The summed E-state index contributed by atoms with van der Waals surface area (Å²) in [5.74, 6) is -0.0406. The lowest BCUT2D eigenvalue weighted by Gasteiger charge is -2.04. The monoisotopic (exact) mass is 214 g/mol. The van der Waals surface area contributed by atoms with Crippen LogP contribution in [0.3, 0.4) is 0 Å². The fourth-order valence-corrected chi connectivity index (χ4v) is 1.50. The van der Waals surface area contributed by atoms with Crippen LogP contribution in [-0.4, -0.2) is 22.1 Å². The molecule has 5 heteroatoms. The molecule has 1 amide bonds. The lowest BCUT2D eigenvalue weighted by Crippen LogP contribution is -2.23.